The Labute approximate surface area is 136 Å². The monoisotopic (exact) mass is 311 g/mol. The molecular weight excluding hydrogens is 290 g/mol. The fraction of sp³-hybridized carbons (Fsp3) is 0.263. The second-order valence-corrected chi connectivity index (χ2v) is 5.49. The highest BCUT2D eigenvalue weighted by Crippen LogP contribution is 2.24. The Hall–Kier alpha value is -2.62. The topological polar surface area (TPSA) is 55.4 Å². The van der Waals surface area contributed by atoms with Crippen LogP contribution in [-0.4, -0.2) is 18.8 Å². The predicted octanol–water partition coefficient (Wildman–Crippen LogP) is 3.70. The van der Waals surface area contributed by atoms with E-state index in [2.05, 4.69) is 12.2 Å². The fourth-order valence-electron chi connectivity index (χ4n) is 2.48. The van der Waals surface area contributed by atoms with Crippen LogP contribution in [0.3, 0.4) is 0 Å². The van der Waals surface area contributed by atoms with Crippen LogP contribution < -0.4 is 10.1 Å². The van der Waals surface area contributed by atoms with Crippen LogP contribution in [0.2, 0.25) is 0 Å². The van der Waals surface area contributed by atoms with Crippen LogP contribution in [0.5, 0.6) is 5.75 Å². The molecule has 0 fully saturated rings. The third-order valence-electron chi connectivity index (χ3n) is 3.59. The fourth-order valence-corrected chi connectivity index (χ4v) is 2.48. The minimum atomic E-state index is -0.212. The summed E-state index contributed by atoms with van der Waals surface area (Å²) >= 11 is 0. The highest BCUT2D eigenvalue weighted by Gasteiger charge is 2.09. The molecular formula is C19H21NO3. The molecule has 4 heteroatoms. The molecule has 0 heterocycles. The first kappa shape index (κ1) is 16.7. The second-order valence-electron chi connectivity index (χ2n) is 5.49. The number of carbonyl (C=O) groups is 2. The molecule has 0 saturated carbocycles. The van der Waals surface area contributed by atoms with Crippen LogP contribution >= 0.6 is 0 Å². The van der Waals surface area contributed by atoms with Gasteiger partial charge in [-0.15, -0.1) is 0 Å². The van der Waals surface area contributed by atoms with Crippen LogP contribution in [0.1, 0.15) is 34.0 Å². The Morgan fingerprint density at radius 3 is 2.48 bits per heavy atom. The van der Waals surface area contributed by atoms with Gasteiger partial charge < -0.3 is 10.1 Å². The molecule has 0 unspecified atom stereocenters. The molecule has 0 aliphatic rings. The highest BCUT2D eigenvalue weighted by molar-refractivity contribution is 5.92. The number of aryl methyl sites for hydroxylation is 3. The van der Waals surface area contributed by atoms with Gasteiger partial charge in [0.1, 0.15) is 12.0 Å². The molecule has 0 saturated heterocycles. The van der Waals surface area contributed by atoms with E-state index in [1.165, 1.54) is 5.56 Å². The van der Waals surface area contributed by atoms with Crippen molar-refractivity contribution in [3.8, 4) is 5.75 Å². The molecule has 0 radical (unpaired) electrons. The van der Waals surface area contributed by atoms with Crippen LogP contribution in [0.4, 0.5) is 5.69 Å². The molecule has 0 aliphatic carbocycles. The Morgan fingerprint density at radius 2 is 1.87 bits per heavy atom. The zero-order valence-electron chi connectivity index (χ0n) is 13.7. The van der Waals surface area contributed by atoms with Crippen molar-refractivity contribution in [3.05, 3.63) is 58.7 Å². The standard InChI is InChI=1S/C19H21NO3/c1-4-15-6-5-7-17(10-15)20-18(22)12-23-19-13(2)8-16(11-21)9-14(19)3/h5-11H,4,12H2,1-3H3,(H,20,22). The lowest BCUT2D eigenvalue weighted by Crippen LogP contribution is -2.20. The van der Waals surface area contributed by atoms with E-state index >= 15 is 0 Å². The molecule has 1 N–H and O–H groups in total. The lowest BCUT2D eigenvalue weighted by Gasteiger charge is -2.13. The maximum atomic E-state index is 12.0. The van der Waals surface area contributed by atoms with Crippen molar-refractivity contribution in [2.75, 3.05) is 11.9 Å². The summed E-state index contributed by atoms with van der Waals surface area (Å²) in [6, 6.07) is 11.2. The van der Waals surface area contributed by atoms with E-state index in [1.807, 2.05) is 38.1 Å². The number of hydrogen-bond donors (Lipinski definition) is 1. The van der Waals surface area contributed by atoms with Gasteiger partial charge in [-0.1, -0.05) is 19.1 Å². The van der Waals surface area contributed by atoms with E-state index in [9.17, 15) is 9.59 Å². The van der Waals surface area contributed by atoms with Crippen molar-refractivity contribution in [1.82, 2.24) is 0 Å². The van der Waals surface area contributed by atoms with Gasteiger partial charge in [0.25, 0.3) is 5.91 Å². The van der Waals surface area contributed by atoms with Gasteiger partial charge in [-0.25, -0.2) is 0 Å². The lowest BCUT2D eigenvalue weighted by molar-refractivity contribution is -0.118. The number of hydrogen-bond acceptors (Lipinski definition) is 3. The first-order valence-corrected chi connectivity index (χ1v) is 7.61. The van der Waals surface area contributed by atoms with Crippen LogP contribution in [0.25, 0.3) is 0 Å². The summed E-state index contributed by atoms with van der Waals surface area (Å²) in [6.45, 7) is 5.72. The number of amides is 1. The third-order valence-corrected chi connectivity index (χ3v) is 3.59. The van der Waals surface area contributed by atoms with Gasteiger partial charge >= 0.3 is 0 Å². The number of nitrogens with one attached hydrogen (secondary N) is 1. The first-order chi connectivity index (χ1) is 11.0. The number of rotatable bonds is 6. The molecule has 0 spiro atoms. The van der Waals surface area contributed by atoms with Gasteiger partial charge in [0, 0.05) is 11.3 Å². The van der Waals surface area contributed by atoms with Crippen molar-refractivity contribution in [1.29, 1.82) is 0 Å². The largest absolute Gasteiger partial charge is 0.483 e. The van der Waals surface area contributed by atoms with Crippen molar-refractivity contribution in [3.63, 3.8) is 0 Å². The summed E-state index contributed by atoms with van der Waals surface area (Å²) in [6.07, 6.45) is 1.72. The molecule has 0 aromatic heterocycles. The van der Waals surface area contributed by atoms with Gasteiger partial charge in [0.15, 0.2) is 6.61 Å². The maximum Gasteiger partial charge on any atom is 0.262 e. The molecule has 4 nitrogen and oxygen atoms in total. The summed E-state index contributed by atoms with van der Waals surface area (Å²) in [7, 11) is 0. The molecule has 1 amide bonds. The number of anilines is 1. The average Bonchev–Trinajstić information content (AvgIpc) is 2.54. The van der Waals surface area contributed by atoms with E-state index in [4.69, 9.17) is 4.74 Å². The number of aldehydes is 1. The van der Waals surface area contributed by atoms with Gasteiger partial charge in [0.05, 0.1) is 0 Å². The smallest absolute Gasteiger partial charge is 0.262 e. The summed E-state index contributed by atoms with van der Waals surface area (Å²) in [4.78, 5) is 22.9. The number of ether oxygens (including phenoxy) is 1. The van der Waals surface area contributed by atoms with Gasteiger partial charge in [-0.05, 0) is 61.2 Å². The molecule has 0 aliphatic heterocycles. The quantitative estimate of drug-likeness (QED) is 0.828. The van der Waals surface area contributed by atoms with Crippen molar-refractivity contribution in [2.24, 2.45) is 0 Å². The molecule has 0 atom stereocenters. The maximum absolute atomic E-state index is 12.0. The molecule has 2 aromatic carbocycles. The Morgan fingerprint density at radius 1 is 1.17 bits per heavy atom. The molecule has 23 heavy (non-hydrogen) atoms. The zero-order chi connectivity index (χ0) is 16.8. The van der Waals surface area contributed by atoms with Crippen molar-refractivity contribution >= 4 is 17.9 Å². The molecule has 2 rings (SSSR count). The molecule has 0 bridgehead atoms. The van der Waals surface area contributed by atoms with E-state index in [-0.39, 0.29) is 12.5 Å². The van der Waals surface area contributed by atoms with Gasteiger partial charge in [-0.2, -0.15) is 0 Å². The first-order valence-electron chi connectivity index (χ1n) is 7.61. The van der Waals surface area contributed by atoms with Crippen molar-refractivity contribution in [2.45, 2.75) is 27.2 Å². The SMILES string of the molecule is CCc1cccc(NC(=O)COc2c(C)cc(C=O)cc2C)c1. The number of benzene rings is 2. The van der Waals surface area contributed by atoms with E-state index in [1.54, 1.807) is 12.1 Å². The minimum absolute atomic E-state index is 0.0710. The highest BCUT2D eigenvalue weighted by atomic mass is 16.5. The minimum Gasteiger partial charge on any atom is -0.483 e. The Bertz CT molecular complexity index is 699. The van der Waals surface area contributed by atoms with E-state index in [0.717, 1.165) is 29.5 Å². The summed E-state index contributed by atoms with van der Waals surface area (Å²) in [5.74, 6) is 0.435. The lowest BCUT2D eigenvalue weighted by atomic mass is 10.1. The van der Waals surface area contributed by atoms with Gasteiger partial charge in [-0.3, -0.25) is 9.59 Å². The van der Waals surface area contributed by atoms with E-state index in [0.29, 0.717) is 11.3 Å². The normalized spacial score (nSPS) is 10.2. The van der Waals surface area contributed by atoms with Crippen molar-refractivity contribution < 1.29 is 14.3 Å². The van der Waals surface area contributed by atoms with Crippen LogP contribution in [0.15, 0.2) is 36.4 Å². The Balaban J connectivity index is 2.00. The molecule has 2 aromatic rings. The predicted molar refractivity (Wildman–Crippen MR) is 91.2 cm³/mol. The van der Waals surface area contributed by atoms with Crippen LogP contribution in [-0.2, 0) is 11.2 Å². The summed E-state index contributed by atoms with van der Waals surface area (Å²) < 4.78 is 5.63. The zero-order valence-corrected chi connectivity index (χ0v) is 13.7. The average molecular weight is 311 g/mol. The molecule has 120 valence electrons. The van der Waals surface area contributed by atoms with Gasteiger partial charge in [0.2, 0.25) is 0 Å². The third kappa shape index (κ3) is 4.42. The van der Waals surface area contributed by atoms with E-state index < -0.39 is 0 Å². The van der Waals surface area contributed by atoms with Crippen LogP contribution in [0, 0.1) is 13.8 Å². The number of carbonyl (C=O) groups excluding carboxylic acids is 2. The second kappa shape index (κ2) is 7.58. The summed E-state index contributed by atoms with van der Waals surface area (Å²) in [5.41, 5.74) is 4.22. The summed E-state index contributed by atoms with van der Waals surface area (Å²) in [5, 5.41) is 2.83. The Kier molecular flexibility index (Phi) is 5.52.